The van der Waals surface area contributed by atoms with E-state index in [1.807, 2.05) is 121 Å². The van der Waals surface area contributed by atoms with Crippen molar-refractivity contribution < 1.29 is 14.9 Å². The van der Waals surface area contributed by atoms with E-state index in [4.69, 9.17) is 4.74 Å². The molecule has 6 rings (SSSR count). The van der Waals surface area contributed by atoms with Crippen molar-refractivity contribution in [3.8, 4) is 45.3 Å². The third kappa shape index (κ3) is 7.17. The van der Waals surface area contributed by atoms with Crippen molar-refractivity contribution in [3.63, 3.8) is 0 Å². The average Bonchev–Trinajstić information content (AvgIpc) is 3.05. The topological polar surface area (TPSA) is 99.1 Å². The third-order valence-corrected chi connectivity index (χ3v) is 6.61. The number of ether oxygens (including phenoxy) is 1. The summed E-state index contributed by atoms with van der Waals surface area (Å²) in [5.74, 6) is 1.85. The zero-order chi connectivity index (χ0) is 29.4. The van der Waals surface area contributed by atoms with Gasteiger partial charge in [-0.3, -0.25) is 0 Å². The van der Waals surface area contributed by atoms with E-state index in [-0.39, 0.29) is 11.5 Å². The monoisotopic (exact) mass is 562 g/mol. The van der Waals surface area contributed by atoms with Crippen molar-refractivity contribution in [1.29, 1.82) is 0 Å². The number of rotatable bonds is 8. The van der Waals surface area contributed by atoms with E-state index in [2.05, 4.69) is 20.5 Å². The molecule has 0 unspecified atom stereocenters. The van der Waals surface area contributed by atoms with Crippen molar-refractivity contribution >= 4 is 22.7 Å². The van der Waals surface area contributed by atoms with E-state index < -0.39 is 0 Å². The maximum Gasteiger partial charge on any atom is 0.127 e. The Hall–Kier alpha value is -6.08. The molecule has 7 heteroatoms. The van der Waals surface area contributed by atoms with Gasteiger partial charge in [0.25, 0.3) is 0 Å². The fraction of sp³-hybridized carbons (Fsp3) is 0. The first-order valence-electron chi connectivity index (χ1n) is 13.6. The van der Waals surface area contributed by atoms with Gasteiger partial charge in [0.15, 0.2) is 0 Å². The highest BCUT2D eigenvalue weighted by molar-refractivity contribution is 5.67. The van der Waals surface area contributed by atoms with Crippen molar-refractivity contribution in [3.05, 3.63) is 146 Å². The number of phenolic OH excluding ortho intramolecular Hbond substituents is 2. The van der Waals surface area contributed by atoms with Gasteiger partial charge in [0.2, 0.25) is 0 Å². The Morgan fingerprint density at radius 2 is 0.535 bits per heavy atom. The zero-order valence-electron chi connectivity index (χ0n) is 22.9. The van der Waals surface area contributed by atoms with Crippen LogP contribution < -0.4 is 4.74 Å². The molecule has 0 aromatic heterocycles. The molecule has 0 radical (unpaired) electrons. The van der Waals surface area contributed by atoms with Crippen LogP contribution in [0.5, 0.6) is 23.0 Å². The van der Waals surface area contributed by atoms with Gasteiger partial charge in [-0.1, -0.05) is 48.5 Å². The molecule has 208 valence electrons. The molecular weight excluding hydrogens is 536 g/mol. The van der Waals surface area contributed by atoms with Crippen LogP contribution in [0.2, 0.25) is 0 Å². The van der Waals surface area contributed by atoms with Crippen LogP contribution in [0, 0.1) is 0 Å². The second-order valence-corrected chi connectivity index (χ2v) is 9.68. The number of azo groups is 2. The fourth-order valence-electron chi connectivity index (χ4n) is 4.28. The molecule has 0 bridgehead atoms. The van der Waals surface area contributed by atoms with Crippen LogP contribution in [-0.4, -0.2) is 10.2 Å². The van der Waals surface area contributed by atoms with Gasteiger partial charge in [0.1, 0.15) is 23.0 Å². The van der Waals surface area contributed by atoms with Crippen molar-refractivity contribution in [1.82, 2.24) is 0 Å². The van der Waals surface area contributed by atoms with E-state index in [0.717, 1.165) is 33.6 Å². The Balaban J connectivity index is 1.02. The Labute approximate surface area is 248 Å². The SMILES string of the molecule is Oc1ccc(-c2ccc(N=Nc3ccc(Oc4ccc(N=Nc5ccc(-c6ccc(O)cc6)cc5)cc4)cc3)cc2)cc1. The molecule has 6 aromatic carbocycles. The Morgan fingerprint density at radius 3 is 0.814 bits per heavy atom. The fourth-order valence-corrected chi connectivity index (χ4v) is 4.28. The maximum atomic E-state index is 9.47. The van der Waals surface area contributed by atoms with Crippen molar-refractivity contribution in [2.75, 3.05) is 0 Å². The first-order chi connectivity index (χ1) is 21.1. The molecular formula is C36H26N4O3. The normalized spacial score (nSPS) is 11.3. The third-order valence-electron chi connectivity index (χ3n) is 6.61. The summed E-state index contributed by atoms with van der Waals surface area (Å²) in [6.07, 6.45) is 0. The van der Waals surface area contributed by atoms with Crippen molar-refractivity contribution in [2.24, 2.45) is 20.5 Å². The minimum Gasteiger partial charge on any atom is -0.508 e. The molecule has 0 aliphatic heterocycles. The lowest BCUT2D eigenvalue weighted by atomic mass is 10.1. The van der Waals surface area contributed by atoms with Gasteiger partial charge in [0.05, 0.1) is 22.7 Å². The van der Waals surface area contributed by atoms with Gasteiger partial charge in [-0.05, 0) is 119 Å². The molecule has 0 spiro atoms. The molecule has 43 heavy (non-hydrogen) atoms. The van der Waals surface area contributed by atoms with Gasteiger partial charge >= 0.3 is 0 Å². The number of phenols is 2. The average molecular weight is 563 g/mol. The molecule has 0 fully saturated rings. The van der Waals surface area contributed by atoms with E-state index in [1.165, 1.54) is 0 Å². The number of nitrogens with zero attached hydrogens (tertiary/aromatic N) is 4. The summed E-state index contributed by atoms with van der Waals surface area (Å²) in [7, 11) is 0. The molecule has 0 aliphatic carbocycles. The molecule has 0 saturated heterocycles. The predicted octanol–water partition coefficient (Wildman–Crippen LogP) is 11.1. The van der Waals surface area contributed by atoms with Crippen LogP contribution in [0.1, 0.15) is 0 Å². The van der Waals surface area contributed by atoms with Gasteiger partial charge in [0, 0.05) is 0 Å². The minimum atomic E-state index is 0.244. The van der Waals surface area contributed by atoms with E-state index in [1.54, 1.807) is 24.3 Å². The highest BCUT2D eigenvalue weighted by Gasteiger charge is 2.02. The van der Waals surface area contributed by atoms with E-state index in [0.29, 0.717) is 22.9 Å². The largest absolute Gasteiger partial charge is 0.508 e. The minimum absolute atomic E-state index is 0.244. The summed E-state index contributed by atoms with van der Waals surface area (Å²) in [5.41, 5.74) is 7.01. The molecule has 0 aliphatic rings. The summed E-state index contributed by atoms with van der Waals surface area (Å²) < 4.78 is 5.96. The highest BCUT2D eigenvalue weighted by atomic mass is 16.5. The molecule has 0 heterocycles. The molecule has 0 saturated carbocycles. The first-order valence-corrected chi connectivity index (χ1v) is 13.6. The highest BCUT2D eigenvalue weighted by Crippen LogP contribution is 2.29. The van der Waals surface area contributed by atoms with Crippen LogP contribution in [0.25, 0.3) is 22.3 Å². The summed E-state index contributed by atoms with van der Waals surface area (Å²) >= 11 is 0. The van der Waals surface area contributed by atoms with Crippen LogP contribution in [0.4, 0.5) is 22.7 Å². The maximum absolute atomic E-state index is 9.47. The molecule has 6 aromatic rings. The van der Waals surface area contributed by atoms with Gasteiger partial charge in [-0.2, -0.15) is 20.5 Å². The van der Waals surface area contributed by atoms with Crippen LogP contribution in [0.15, 0.2) is 166 Å². The van der Waals surface area contributed by atoms with Gasteiger partial charge in [-0.25, -0.2) is 0 Å². The number of hydrogen-bond donors (Lipinski definition) is 2. The predicted molar refractivity (Wildman–Crippen MR) is 168 cm³/mol. The summed E-state index contributed by atoms with van der Waals surface area (Å²) in [4.78, 5) is 0. The van der Waals surface area contributed by atoms with Crippen LogP contribution in [0.3, 0.4) is 0 Å². The zero-order valence-corrected chi connectivity index (χ0v) is 22.9. The lowest BCUT2D eigenvalue weighted by molar-refractivity contribution is 0.475. The second-order valence-electron chi connectivity index (χ2n) is 9.68. The first kappa shape index (κ1) is 27.1. The summed E-state index contributed by atoms with van der Waals surface area (Å²) in [6, 6.07) is 44.4. The second kappa shape index (κ2) is 12.6. The van der Waals surface area contributed by atoms with Gasteiger partial charge in [-0.15, -0.1) is 0 Å². The van der Waals surface area contributed by atoms with Gasteiger partial charge < -0.3 is 14.9 Å². The van der Waals surface area contributed by atoms with E-state index >= 15 is 0 Å². The smallest absolute Gasteiger partial charge is 0.127 e. The Bertz CT molecular complexity index is 1710. The molecule has 2 N–H and O–H groups in total. The van der Waals surface area contributed by atoms with E-state index in [9.17, 15) is 10.2 Å². The van der Waals surface area contributed by atoms with Crippen LogP contribution >= 0.6 is 0 Å². The Kier molecular flexibility index (Phi) is 7.95. The molecule has 7 nitrogen and oxygen atoms in total. The standard InChI is InChI=1S/C36H26N4O3/c41-33-17-5-27(6-18-33)25-1-9-29(10-2-25)37-39-31-13-21-35(22-14-31)43-36-23-15-32(16-24-36)40-38-30-11-3-26(4-12-30)28-7-19-34(42)20-8-28/h1-24,41-42H. The Morgan fingerprint density at radius 1 is 0.302 bits per heavy atom. The molecule has 0 atom stereocenters. The van der Waals surface area contributed by atoms with Crippen molar-refractivity contribution in [2.45, 2.75) is 0 Å². The lowest BCUT2D eigenvalue weighted by Crippen LogP contribution is -1.82. The number of benzene rings is 6. The summed E-state index contributed by atoms with van der Waals surface area (Å²) in [5, 5.41) is 36.2. The lowest BCUT2D eigenvalue weighted by Gasteiger charge is -2.06. The summed E-state index contributed by atoms with van der Waals surface area (Å²) in [6.45, 7) is 0. The number of hydrogen-bond acceptors (Lipinski definition) is 7. The number of aromatic hydroxyl groups is 2. The molecule has 0 amide bonds. The van der Waals surface area contributed by atoms with Crippen LogP contribution in [-0.2, 0) is 0 Å². The quantitative estimate of drug-likeness (QED) is 0.180.